The number of carbonyl (C=O) groups is 1. The monoisotopic (exact) mass is 216 g/mol. The van der Waals surface area contributed by atoms with Crippen molar-refractivity contribution in [3.8, 4) is 0 Å². The average Bonchev–Trinajstić information content (AvgIpc) is 2.21. The van der Waals surface area contributed by atoms with Crippen LogP contribution in [0.5, 0.6) is 0 Å². The molecule has 0 rings (SSSR count). The van der Waals surface area contributed by atoms with E-state index in [9.17, 15) is 4.79 Å². The summed E-state index contributed by atoms with van der Waals surface area (Å²) in [6, 6.07) is 0. The Kier molecular flexibility index (Phi) is 9.58. The van der Waals surface area contributed by atoms with Crippen molar-refractivity contribution in [3.05, 3.63) is 0 Å². The minimum absolute atomic E-state index is 0.390. The summed E-state index contributed by atoms with van der Waals surface area (Å²) < 4.78 is 0. The molecule has 0 saturated carbocycles. The lowest BCUT2D eigenvalue weighted by Crippen LogP contribution is -2.00. The number of hydrogen-bond donors (Lipinski definition) is 0. The average molecular weight is 216 g/mol. The molecule has 0 N–H and O–H groups in total. The second-order valence-corrected chi connectivity index (χ2v) is 5.08. The zero-order valence-corrected chi connectivity index (χ0v) is 10.7. The van der Waals surface area contributed by atoms with Crippen LogP contribution < -0.4 is 0 Å². The maximum atomic E-state index is 11.4. The number of thioether (sulfide) groups is 1. The second kappa shape index (κ2) is 9.57. The summed E-state index contributed by atoms with van der Waals surface area (Å²) >= 11 is 1.53. The number of hydrogen-bond acceptors (Lipinski definition) is 2. The van der Waals surface area contributed by atoms with Gasteiger partial charge in [0.15, 0.2) is 5.12 Å². The van der Waals surface area contributed by atoms with Crippen molar-refractivity contribution >= 4 is 16.9 Å². The second-order valence-electron chi connectivity index (χ2n) is 4.01. The Hall–Kier alpha value is 0.0200. The number of unbranched alkanes of at least 4 members (excludes halogenated alkanes) is 3. The predicted octanol–water partition coefficient (Wildman–Crippen LogP) is 4.26. The van der Waals surface area contributed by atoms with Crippen molar-refractivity contribution in [2.45, 2.75) is 59.3 Å². The standard InChI is InChI=1S/C12H24OS/c1-4-6-7-8-9-12(13)14-10-11(3)5-2/h11H,4-10H2,1-3H3/t11-/m0/s1. The van der Waals surface area contributed by atoms with E-state index < -0.39 is 0 Å². The Bertz CT molecular complexity index is 145. The summed E-state index contributed by atoms with van der Waals surface area (Å²) in [4.78, 5) is 11.4. The van der Waals surface area contributed by atoms with E-state index in [-0.39, 0.29) is 0 Å². The van der Waals surface area contributed by atoms with Crippen molar-refractivity contribution in [2.24, 2.45) is 5.92 Å². The summed E-state index contributed by atoms with van der Waals surface area (Å²) in [5.41, 5.74) is 0. The summed E-state index contributed by atoms with van der Waals surface area (Å²) in [6.45, 7) is 6.58. The van der Waals surface area contributed by atoms with E-state index in [0.717, 1.165) is 18.6 Å². The smallest absolute Gasteiger partial charge is 0.188 e. The van der Waals surface area contributed by atoms with Gasteiger partial charge >= 0.3 is 0 Å². The molecule has 1 nitrogen and oxygen atoms in total. The Labute approximate surface area is 93.0 Å². The van der Waals surface area contributed by atoms with Gasteiger partial charge in [0.05, 0.1) is 0 Å². The Morgan fingerprint density at radius 3 is 2.50 bits per heavy atom. The van der Waals surface area contributed by atoms with Crippen LogP contribution in [0.4, 0.5) is 0 Å². The summed E-state index contributed by atoms with van der Waals surface area (Å²) in [5.74, 6) is 1.68. The molecule has 0 fully saturated rings. The highest BCUT2D eigenvalue weighted by Gasteiger charge is 2.05. The summed E-state index contributed by atoms with van der Waals surface area (Å²) in [5, 5.41) is 0.390. The van der Waals surface area contributed by atoms with Crippen LogP contribution in [0.15, 0.2) is 0 Å². The molecule has 0 aromatic rings. The van der Waals surface area contributed by atoms with Gasteiger partial charge in [-0.25, -0.2) is 0 Å². The summed E-state index contributed by atoms with van der Waals surface area (Å²) in [6.07, 6.45) is 6.76. The molecule has 0 bridgehead atoms. The molecule has 2 heteroatoms. The Morgan fingerprint density at radius 1 is 1.21 bits per heavy atom. The van der Waals surface area contributed by atoms with Crippen LogP contribution in [-0.2, 0) is 4.79 Å². The predicted molar refractivity (Wildman–Crippen MR) is 65.7 cm³/mol. The van der Waals surface area contributed by atoms with E-state index in [1.807, 2.05) is 0 Å². The van der Waals surface area contributed by atoms with Gasteiger partial charge in [-0.1, -0.05) is 58.2 Å². The van der Waals surface area contributed by atoms with Gasteiger partial charge in [-0.2, -0.15) is 0 Å². The molecular formula is C12H24OS. The first-order chi connectivity index (χ1) is 6.70. The largest absolute Gasteiger partial charge is 0.287 e. The van der Waals surface area contributed by atoms with Crippen LogP contribution in [0.3, 0.4) is 0 Å². The minimum Gasteiger partial charge on any atom is -0.287 e. The SMILES string of the molecule is CCCCCCC(=O)SC[C@@H](C)CC. The molecule has 0 spiro atoms. The molecule has 0 amide bonds. The summed E-state index contributed by atoms with van der Waals surface area (Å²) in [7, 11) is 0. The Morgan fingerprint density at radius 2 is 1.93 bits per heavy atom. The van der Waals surface area contributed by atoms with Gasteiger partial charge < -0.3 is 0 Å². The molecule has 84 valence electrons. The van der Waals surface area contributed by atoms with E-state index in [1.165, 1.54) is 37.4 Å². The first-order valence-corrected chi connectivity index (χ1v) is 6.84. The van der Waals surface area contributed by atoms with E-state index in [0.29, 0.717) is 11.0 Å². The van der Waals surface area contributed by atoms with E-state index in [4.69, 9.17) is 0 Å². The van der Waals surface area contributed by atoms with Gasteiger partial charge in [-0.15, -0.1) is 0 Å². The van der Waals surface area contributed by atoms with Crippen molar-refractivity contribution in [1.29, 1.82) is 0 Å². The fourth-order valence-electron chi connectivity index (χ4n) is 1.12. The van der Waals surface area contributed by atoms with Gasteiger partial charge in [0.25, 0.3) is 0 Å². The van der Waals surface area contributed by atoms with Crippen LogP contribution in [0, 0.1) is 5.92 Å². The molecule has 0 heterocycles. The van der Waals surface area contributed by atoms with Gasteiger partial charge in [-0.3, -0.25) is 4.79 Å². The molecule has 0 aliphatic heterocycles. The van der Waals surface area contributed by atoms with Crippen molar-refractivity contribution in [1.82, 2.24) is 0 Å². The zero-order chi connectivity index (χ0) is 10.8. The highest BCUT2D eigenvalue weighted by atomic mass is 32.2. The maximum Gasteiger partial charge on any atom is 0.188 e. The molecular weight excluding hydrogens is 192 g/mol. The topological polar surface area (TPSA) is 17.1 Å². The molecule has 0 aliphatic carbocycles. The molecule has 0 radical (unpaired) electrons. The lowest BCUT2D eigenvalue weighted by molar-refractivity contribution is -0.111. The fraction of sp³-hybridized carbons (Fsp3) is 0.917. The number of rotatable bonds is 8. The first-order valence-electron chi connectivity index (χ1n) is 5.86. The molecule has 0 unspecified atom stereocenters. The molecule has 0 aliphatic rings. The Balaban J connectivity index is 3.28. The van der Waals surface area contributed by atoms with Gasteiger partial charge in [0, 0.05) is 12.2 Å². The lowest BCUT2D eigenvalue weighted by atomic mass is 10.2. The van der Waals surface area contributed by atoms with E-state index in [1.54, 1.807) is 0 Å². The maximum absolute atomic E-state index is 11.4. The third-order valence-electron chi connectivity index (χ3n) is 2.46. The molecule has 1 atom stereocenters. The van der Waals surface area contributed by atoms with Crippen LogP contribution in [0.2, 0.25) is 0 Å². The third-order valence-corrected chi connectivity index (χ3v) is 3.72. The van der Waals surface area contributed by atoms with Crippen LogP contribution in [0.1, 0.15) is 59.3 Å². The molecule has 14 heavy (non-hydrogen) atoms. The van der Waals surface area contributed by atoms with E-state index in [2.05, 4.69) is 20.8 Å². The highest BCUT2D eigenvalue weighted by molar-refractivity contribution is 8.13. The zero-order valence-electron chi connectivity index (χ0n) is 9.84. The van der Waals surface area contributed by atoms with E-state index >= 15 is 0 Å². The molecule has 0 aromatic carbocycles. The minimum atomic E-state index is 0.390. The van der Waals surface area contributed by atoms with Crippen molar-refractivity contribution in [3.63, 3.8) is 0 Å². The first kappa shape index (κ1) is 14.0. The van der Waals surface area contributed by atoms with Gasteiger partial charge in [0.1, 0.15) is 0 Å². The quantitative estimate of drug-likeness (QED) is 0.564. The van der Waals surface area contributed by atoms with Crippen LogP contribution >= 0.6 is 11.8 Å². The van der Waals surface area contributed by atoms with Crippen molar-refractivity contribution < 1.29 is 4.79 Å². The van der Waals surface area contributed by atoms with Crippen molar-refractivity contribution in [2.75, 3.05) is 5.75 Å². The van der Waals surface area contributed by atoms with Gasteiger partial charge in [0.2, 0.25) is 0 Å². The normalized spacial score (nSPS) is 12.8. The van der Waals surface area contributed by atoms with Gasteiger partial charge in [-0.05, 0) is 12.3 Å². The lowest BCUT2D eigenvalue weighted by Gasteiger charge is -2.06. The molecule has 0 saturated heterocycles. The fourth-order valence-corrected chi connectivity index (χ4v) is 2.12. The van der Waals surface area contributed by atoms with Crippen LogP contribution in [-0.4, -0.2) is 10.9 Å². The van der Waals surface area contributed by atoms with Crippen LogP contribution in [0.25, 0.3) is 0 Å². The number of carbonyl (C=O) groups excluding carboxylic acids is 1. The molecule has 0 aromatic heterocycles. The third kappa shape index (κ3) is 8.61. The highest BCUT2D eigenvalue weighted by Crippen LogP contribution is 2.15.